The largest absolute Gasteiger partial charge is 0.339 e. The monoisotopic (exact) mass is 530 g/mol. The summed E-state index contributed by atoms with van der Waals surface area (Å²) in [5.74, 6) is 2.12. The number of likely N-dealkylation sites (tertiary alicyclic amines) is 1. The minimum Gasteiger partial charge on any atom is -0.339 e. The SMILES string of the molecule is CN(C(=O)c1ccccc1)C1CC(CN2CCC(CCCc3ccccc3)CC2)C(c2ccccc2)C1.Cl. The lowest BCUT2D eigenvalue weighted by Gasteiger charge is -2.35. The van der Waals surface area contributed by atoms with Gasteiger partial charge in [-0.15, -0.1) is 12.4 Å². The average molecular weight is 531 g/mol. The Morgan fingerprint density at radius 3 is 2.11 bits per heavy atom. The van der Waals surface area contributed by atoms with Gasteiger partial charge in [0.25, 0.3) is 5.91 Å². The minimum absolute atomic E-state index is 0. The van der Waals surface area contributed by atoms with E-state index in [4.69, 9.17) is 0 Å². The first-order chi connectivity index (χ1) is 18.2. The molecule has 1 saturated carbocycles. The second-order valence-corrected chi connectivity index (χ2v) is 11.3. The number of rotatable bonds is 9. The van der Waals surface area contributed by atoms with Crippen molar-refractivity contribution < 1.29 is 4.79 Å². The van der Waals surface area contributed by atoms with Crippen molar-refractivity contribution in [2.75, 3.05) is 26.7 Å². The molecule has 0 radical (unpaired) electrons. The van der Waals surface area contributed by atoms with E-state index >= 15 is 0 Å². The third-order valence-electron chi connectivity index (χ3n) is 8.91. The summed E-state index contributed by atoms with van der Waals surface area (Å²) in [6, 6.07) is 32.0. The van der Waals surface area contributed by atoms with Crippen LogP contribution in [-0.2, 0) is 6.42 Å². The van der Waals surface area contributed by atoms with Gasteiger partial charge in [-0.2, -0.15) is 0 Å². The average Bonchev–Trinajstić information content (AvgIpc) is 3.38. The number of benzene rings is 3. The zero-order chi connectivity index (χ0) is 25.5. The minimum atomic E-state index is 0. The zero-order valence-electron chi connectivity index (χ0n) is 22.8. The van der Waals surface area contributed by atoms with Crippen molar-refractivity contribution >= 4 is 18.3 Å². The molecule has 3 atom stereocenters. The van der Waals surface area contributed by atoms with Gasteiger partial charge in [-0.3, -0.25) is 4.79 Å². The van der Waals surface area contributed by atoms with Crippen LogP contribution in [-0.4, -0.2) is 48.4 Å². The van der Waals surface area contributed by atoms with Crippen LogP contribution in [0.1, 0.15) is 65.9 Å². The number of hydrogen-bond acceptors (Lipinski definition) is 2. The molecule has 1 saturated heterocycles. The van der Waals surface area contributed by atoms with Crippen LogP contribution in [0.4, 0.5) is 0 Å². The highest BCUT2D eigenvalue weighted by Crippen LogP contribution is 2.42. The molecule has 3 aromatic rings. The van der Waals surface area contributed by atoms with Gasteiger partial charge in [0.05, 0.1) is 0 Å². The molecular weight excluding hydrogens is 488 g/mol. The molecular formula is C34H43ClN2O. The molecule has 4 heteroatoms. The molecule has 3 aromatic carbocycles. The van der Waals surface area contributed by atoms with Crippen LogP contribution in [0.25, 0.3) is 0 Å². The molecule has 38 heavy (non-hydrogen) atoms. The van der Waals surface area contributed by atoms with Crippen molar-refractivity contribution in [2.45, 2.75) is 56.9 Å². The molecule has 1 amide bonds. The molecule has 1 aliphatic carbocycles. The molecule has 0 bridgehead atoms. The molecule has 2 aliphatic rings. The molecule has 0 N–H and O–H groups in total. The maximum Gasteiger partial charge on any atom is 0.253 e. The van der Waals surface area contributed by atoms with Crippen LogP contribution in [0.15, 0.2) is 91.0 Å². The summed E-state index contributed by atoms with van der Waals surface area (Å²) in [6.07, 6.45) is 8.66. The van der Waals surface area contributed by atoms with Crippen molar-refractivity contribution in [1.29, 1.82) is 0 Å². The molecule has 5 rings (SSSR count). The Balaban J connectivity index is 0.00000336. The first-order valence-electron chi connectivity index (χ1n) is 14.3. The number of piperidine rings is 1. The van der Waals surface area contributed by atoms with E-state index in [1.165, 1.54) is 56.3 Å². The van der Waals surface area contributed by atoms with Gasteiger partial charge in [0.15, 0.2) is 0 Å². The topological polar surface area (TPSA) is 23.6 Å². The summed E-state index contributed by atoms with van der Waals surface area (Å²) in [7, 11) is 2.01. The van der Waals surface area contributed by atoms with Gasteiger partial charge in [0.1, 0.15) is 0 Å². The van der Waals surface area contributed by atoms with Crippen molar-refractivity contribution in [3.05, 3.63) is 108 Å². The zero-order valence-corrected chi connectivity index (χ0v) is 23.6. The van der Waals surface area contributed by atoms with E-state index in [0.717, 1.165) is 30.9 Å². The van der Waals surface area contributed by atoms with Gasteiger partial charge in [0, 0.05) is 25.2 Å². The number of amides is 1. The van der Waals surface area contributed by atoms with Crippen molar-refractivity contribution in [3.8, 4) is 0 Å². The number of nitrogens with zero attached hydrogens (tertiary/aromatic N) is 2. The summed E-state index contributed by atoms with van der Waals surface area (Å²) >= 11 is 0. The third kappa shape index (κ3) is 7.27. The van der Waals surface area contributed by atoms with Crippen molar-refractivity contribution in [2.24, 2.45) is 11.8 Å². The van der Waals surface area contributed by atoms with E-state index in [-0.39, 0.29) is 18.3 Å². The second-order valence-electron chi connectivity index (χ2n) is 11.3. The Kier molecular flexibility index (Phi) is 10.4. The van der Waals surface area contributed by atoms with Gasteiger partial charge in [-0.25, -0.2) is 0 Å². The standard InChI is InChI=1S/C34H42N2O.ClH/c1-35(34(37)30-18-9-4-10-19-30)32-24-31(33(25-32)29-16-7-3-8-17-29)26-36-22-20-28(21-23-36)15-11-14-27-12-5-2-6-13-27;/h2-10,12-13,16-19,28,31-33H,11,14-15,20-26H2,1H3;1H. The Morgan fingerprint density at radius 1 is 0.842 bits per heavy atom. The van der Waals surface area contributed by atoms with E-state index in [1.807, 2.05) is 42.3 Å². The lowest BCUT2D eigenvalue weighted by molar-refractivity contribution is 0.0728. The molecule has 3 unspecified atom stereocenters. The molecule has 202 valence electrons. The van der Waals surface area contributed by atoms with Gasteiger partial charge >= 0.3 is 0 Å². The Morgan fingerprint density at radius 2 is 1.45 bits per heavy atom. The summed E-state index contributed by atoms with van der Waals surface area (Å²) < 4.78 is 0. The first-order valence-corrected chi connectivity index (χ1v) is 14.3. The van der Waals surface area contributed by atoms with Crippen LogP contribution in [0.2, 0.25) is 0 Å². The Labute approximate surface area is 235 Å². The van der Waals surface area contributed by atoms with Gasteiger partial charge in [-0.05, 0) is 92.6 Å². The fraction of sp³-hybridized carbons (Fsp3) is 0.441. The highest BCUT2D eigenvalue weighted by Gasteiger charge is 2.39. The van der Waals surface area contributed by atoms with Gasteiger partial charge in [-0.1, -0.05) is 85.3 Å². The van der Waals surface area contributed by atoms with Gasteiger partial charge in [0.2, 0.25) is 0 Å². The highest BCUT2D eigenvalue weighted by molar-refractivity contribution is 5.94. The van der Waals surface area contributed by atoms with Crippen LogP contribution in [0, 0.1) is 11.8 Å². The van der Waals surface area contributed by atoms with Crippen LogP contribution >= 0.6 is 12.4 Å². The van der Waals surface area contributed by atoms with E-state index in [9.17, 15) is 4.79 Å². The molecule has 0 spiro atoms. The fourth-order valence-corrected chi connectivity index (χ4v) is 6.70. The van der Waals surface area contributed by atoms with Crippen molar-refractivity contribution in [3.63, 3.8) is 0 Å². The summed E-state index contributed by atoms with van der Waals surface area (Å²) in [4.78, 5) is 17.9. The lowest BCUT2D eigenvalue weighted by Crippen LogP contribution is -2.38. The smallest absolute Gasteiger partial charge is 0.253 e. The quantitative estimate of drug-likeness (QED) is 0.286. The summed E-state index contributed by atoms with van der Waals surface area (Å²) in [5.41, 5.74) is 3.70. The summed E-state index contributed by atoms with van der Waals surface area (Å²) in [5, 5.41) is 0. The van der Waals surface area contributed by atoms with E-state index in [0.29, 0.717) is 17.9 Å². The van der Waals surface area contributed by atoms with E-state index < -0.39 is 0 Å². The first kappa shape index (κ1) is 28.4. The third-order valence-corrected chi connectivity index (χ3v) is 8.91. The predicted molar refractivity (Wildman–Crippen MR) is 160 cm³/mol. The van der Waals surface area contributed by atoms with Crippen LogP contribution in [0.3, 0.4) is 0 Å². The predicted octanol–water partition coefficient (Wildman–Crippen LogP) is 7.48. The molecule has 2 fully saturated rings. The number of carbonyl (C=O) groups is 1. The highest BCUT2D eigenvalue weighted by atomic mass is 35.5. The Hall–Kier alpha value is -2.62. The normalized spacial score (nSPS) is 22.1. The molecule has 0 aromatic heterocycles. The molecule has 1 heterocycles. The molecule has 1 aliphatic heterocycles. The maximum atomic E-state index is 13.2. The van der Waals surface area contributed by atoms with E-state index in [1.54, 1.807) is 0 Å². The fourth-order valence-electron chi connectivity index (χ4n) is 6.70. The van der Waals surface area contributed by atoms with Gasteiger partial charge < -0.3 is 9.80 Å². The number of hydrogen-bond donors (Lipinski definition) is 0. The van der Waals surface area contributed by atoms with Crippen LogP contribution in [0.5, 0.6) is 0 Å². The summed E-state index contributed by atoms with van der Waals surface area (Å²) in [6.45, 7) is 3.59. The van der Waals surface area contributed by atoms with Crippen LogP contribution < -0.4 is 0 Å². The van der Waals surface area contributed by atoms with E-state index in [2.05, 4.69) is 65.6 Å². The lowest BCUT2D eigenvalue weighted by atomic mass is 9.87. The Bertz CT molecular complexity index is 1100. The second kappa shape index (κ2) is 14.0. The number of aryl methyl sites for hydroxylation is 1. The number of halogens is 1. The van der Waals surface area contributed by atoms with Crippen molar-refractivity contribution in [1.82, 2.24) is 9.80 Å². The maximum absolute atomic E-state index is 13.2. The molecule has 3 nitrogen and oxygen atoms in total. The number of carbonyl (C=O) groups excluding carboxylic acids is 1.